The molecule has 1 N–H and O–H groups in total. The van der Waals surface area contributed by atoms with Gasteiger partial charge in [-0.05, 0) is 25.5 Å². The monoisotopic (exact) mass is 387 g/mol. The van der Waals surface area contributed by atoms with Crippen molar-refractivity contribution < 1.29 is 19.1 Å². The molecule has 1 saturated heterocycles. The molecule has 2 heterocycles. The molecule has 1 amide bonds. The number of amides is 1. The second kappa shape index (κ2) is 7.47. The predicted octanol–water partition coefficient (Wildman–Crippen LogP) is 4.32. The number of nitrogens with zero attached hydrogens (tertiary/aromatic N) is 1. The first kappa shape index (κ1) is 18.4. The molecule has 1 atom stereocenters. The van der Waals surface area contributed by atoms with E-state index >= 15 is 0 Å². The highest BCUT2D eigenvalue weighted by Crippen LogP contribution is 2.35. The van der Waals surface area contributed by atoms with Gasteiger partial charge in [-0.2, -0.15) is 0 Å². The predicted molar refractivity (Wildman–Crippen MR) is 106 cm³/mol. The first-order chi connectivity index (χ1) is 12.4. The lowest BCUT2D eigenvalue weighted by molar-refractivity contribution is -0.145. The fourth-order valence-corrected chi connectivity index (χ4v) is 3.99. The van der Waals surface area contributed by atoms with Gasteiger partial charge in [-0.25, -0.2) is 4.79 Å². The quantitative estimate of drug-likeness (QED) is 0.609. The molecule has 1 aliphatic rings. The van der Waals surface area contributed by atoms with Crippen molar-refractivity contribution >= 4 is 46.3 Å². The van der Waals surface area contributed by atoms with E-state index in [2.05, 4.69) is 0 Å². The Morgan fingerprint density at radius 1 is 1.31 bits per heavy atom. The zero-order valence-electron chi connectivity index (χ0n) is 14.3. The van der Waals surface area contributed by atoms with E-state index in [1.54, 1.807) is 19.1 Å². The lowest BCUT2D eigenvalue weighted by Gasteiger charge is -2.21. The third-order valence-electron chi connectivity index (χ3n) is 4.04. The van der Waals surface area contributed by atoms with Crippen molar-refractivity contribution in [3.05, 3.63) is 52.6 Å². The number of thiocarbonyl (C=S) groups is 1. The average molecular weight is 387 g/mol. The number of rotatable bonds is 5. The molecule has 2 aromatic rings. The largest absolute Gasteiger partial charge is 0.480 e. The molecule has 1 aromatic heterocycles. The molecule has 1 fully saturated rings. The van der Waals surface area contributed by atoms with Gasteiger partial charge < -0.3 is 9.52 Å². The number of hydrogen-bond donors (Lipinski definition) is 1. The number of furan rings is 1. The molecular formula is C19H17NO4S2. The van der Waals surface area contributed by atoms with Crippen molar-refractivity contribution in [1.82, 2.24) is 4.90 Å². The maximum atomic E-state index is 12.6. The van der Waals surface area contributed by atoms with Crippen LogP contribution in [-0.4, -0.2) is 32.2 Å². The van der Waals surface area contributed by atoms with Gasteiger partial charge in [0.25, 0.3) is 5.91 Å². The van der Waals surface area contributed by atoms with Gasteiger partial charge in [0.1, 0.15) is 21.9 Å². The Bertz CT molecular complexity index is 899. The maximum absolute atomic E-state index is 12.6. The van der Waals surface area contributed by atoms with Crippen LogP contribution in [0.2, 0.25) is 0 Å². The van der Waals surface area contributed by atoms with E-state index < -0.39 is 17.9 Å². The highest BCUT2D eigenvalue weighted by atomic mass is 32.2. The van der Waals surface area contributed by atoms with Crippen LogP contribution in [0.1, 0.15) is 24.7 Å². The number of aliphatic carboxylic acids is 1. The normalized spacial score (nSPS) is 17.2. The van der Waals surface area contributed by atoms with E-state index in [1.807, 2.05) is 37.3 Å². The second-order valence-corrected chi connectivity index (χ2v) is 7.56. The number of hydrogen-bond acceptors (Lipinski definition) is 5. The van der Waals surface area contributed by atoms with Crippen molar-refractivity contribution in [3.63, 3.8) is 0 Å². The standard InChI is InChI=1S/C19H17NO4S2/c1-3-14(18(22)23)20-17(21)16(26-19(20)25)10-13-8-9-15(24-13)12-6-4-11(2)5-7-12/h4-10,14H,3H2,1-2H3,(H,22,23)/b16-10+/t14-/m1/s1. The molecule has 0 unspecified atom stereocenters. The molecule has 0 saturated carbocycles. The third kappa shape index (κ3) is 3.59. The van der Waals surface area contributed by atoms with E-state index in [9.17, 15) is 14.7 Å². The van der Waals surface area contributed by atoms with E-state index in [4.69, 9.17) is 16.6 Å². The molecule has 26 heavy (non-hydrogen) atoms. The average Bonchev–Trinajstić information content (AvgIpc) is 3.16. The molecule has 0 aliphatic carbocycles. The summed E-state index contributed by atoms with van der Waals surface area (Å²) in [6.07, 6.45) is 1.89. The summed E-state index contributed by atoms with van der Waals surface area (Å²) in [6.45, 7) is 3.72. The van der Waals surface area contributed by atoms with E-state index in [-0.39, 0.29) is 10.7 Å². The van der Waals surface area contributed by atoms with Crippen LogP contribution in [0.3, 0.4) is 0 Å². The first-order valence-corrected chi connectivity index (χ1v) is 9.30. The number of carbonyl (C=O) groups excluding carboxylic acids is 1. The van der Waals surface area contributed by atoms with Gasteiger partial charge in [0, 0.05) is 11.6 Å². The lowest BCUT2D eigenvalue weighted by atomic mass is 10.1. The van der Waals surface area contributed by atoms with Crippen LogP contribution < -0.4 is 0 Å². The van der Waals surface area contributed by atoms with Crippen molar-refractivity contribution in [2.45, 2.75) is 26.3 Å². The minimum Gasteiger partial charge on any atom is -0.480 e. The minimum atomic E-state index is -1.07. The number of carbonyl (C=O) groups is 2. The molecule has 5 nitrogen and oxygen atoms in total. The summed E-state index contributed by atoms with van der Waals surface area (Å²) >= 11 is 6.29. The molecule has 1 aliphatic heterocycles. The van der Waals surface area contributed by atoms with Crippen LogP contribution in [0, 0.1) is 6.92 Å². The molecule has 0 radical (unpaired) electrons. The van der Waals surface area contributed by atoms with E-state index in [0.29, 0.717) is 16.4 Å². The Kier molecular flexibility index (Phi) is 5.29. The van der Waals surface area contributed by atoms with Crippen molar-refractivity contribution in [2.75, 3.05) is 0 Å². The van der Waals surface area contributed by atoms with Crippen LogP contribution in [-0.2, 0) is 9.59 Å². The van der Waals surface area contributed by atoms with Gasteiger partial charge in [0.15, 0.2) is 0 Å². The van der Waals surface area contributed by atoms with Gasteiger partial charge in [-0.1, -0.05) is 60.7 Å². The zero-order chi connectivity index (χ0) is 18.8. The summed E-state index contributed by atoms with van der Waals surface area (Å²) in [5, 5.41) is 9.29. The summed E-state index contributed by atoms with van der Waals surface area (Å²) in [4.78, 5) is 25.5. The number of benzene rings is 1. The topological polar surface area (TPSA) is 70.8 Å². The highest BCUT2D eigenvalue weighted by molar-refractivity contribution is 8.26. The van der Waals surface area contributed by atoms with Gasteiger partial charge in [0.2, 0.25) is 0 Å². The summed E-state index contributed by atoms with van der Waals surface area (Å²) in [6, 6.07) is 10.6. The summed E-state index contributed by atoms with van der Waals surface area (Å²) in [5.74, 6) is -0.250. The lowest BCUT2D eigenvalue weighted by Crippen LogP contribution is -2.43. The van der Waals surface area contributed by atoms with Crippen LogP contribution in [0.4, 0.5) is 0 Å². The Hall–Kier alpha value is -2.38. The van der Waals surface area contributed by atoms with Crippen LogP contribution in [0.15, 0.2) is 45.7 Å². The summed E-state index contributed by atoms with van der Waals surface area (Å²) < 4.78 is 6.06. The van der Waals surface area contributed by atoms with Gasteiger partial charge >= 0.3 is 5.97 Å². The smallest absolute Gasteiger partial charge is 0.326 e. The Morgan fingerprint density at radius 3 is 2.62 bits per heavy atom. The highest BCUT2D eigenvalue weighted by Gasteiger charge is 2.39. The Morgan fingerprint density at radius 2 is 2.00 bits per heavy atom. The minimum absolute atomic E-state index is 0.251. The van der Waals surface area contributed by atoms with Gasteiger partial charge in [-0.3, -0.25) is 9.69 Å². The molecule has 0 bridgehead atoms. The fourth-order valence-electron chi connectivity index (χ4n) is 2.65. The number of thioether (sulfide) groups is 1. The summed E-state index contributed by atoms with van der Waals surface area (Å²) in [7, 11) is 0. The van der Waals surface area contributed by atoms with Gasteiger partial charge in [0.05, 0.1) is 4.91 Å². The van der Waals surface area contributed by atoms with Crippen molar-refractivity contribution in [3.8, 4) is 11.3 Å². The second-order valence-electron chi connectivity index (χ2n) is 5.88. The molecular weight excluding hydrogens is 370 g/mol. The third-order valence-corrected chi connectivity index (χ3v) is 5.37. The first-order valence-electron chi connectivity index (χ1n) is 8.07. The number of carboxylic acid groups (broad SMARTS) is 1. The maximum Gasteiger partial charge on any atom is 0.326 e. The van der Waals surface area contributed by atoms with E-state index in [1.165, 1.54) is 0 Å². The van der Waals surface area contributed by atoms with Crippen LogP contribution >= 0.6 is 24.0 Å². The number of carboxylic acids is 1. The molecule has 0 spiro atoms. The fraction of sp³-hybridized carbons (Fsp3) is 0.211. The number of aryl methyl sites for hydroxylation is 1. The van der Waals surface area contributed by atoms with Crippen molar-refractivity contribution in [1.29, 1.82) is 0 Å². The summed E-state index contributed by atoms with van der Waals surface area (Å²) in [5.41, 5.74) is 2.10. The zero-order valence-corrected chi connectivity index (χ0v) is 15.9. The van der Waals surface area contributed by atoms with Gasteiger partial charge in [-0.15, -0.1) is 0 Å². The molecule has 7 heteroatoms. The van der Waals surface area contributed by atoms with Crippen LogP contribution in [0.5, 0.6) is 0 Å². The van der Waals surface area contributed by atoms with Crippen molar-refractivity contribution in [2.24, 2.45) is 0 Å². The Balaban J connectivity index is 1.85. The van der Waals surface area contributed by atoms with Crippen LogP contribution in [0.25, 0.3) is 17.4 Å². The molecule has 1 aromatic carbocycles. The SMILES string of the molecule is CC[C@H](C(=O)O)N1C(=O)/C(=C\c2ccc(-c3ccc(C)cc3)o2)SC1=S. The van der Waals surface area contributed by atoms with E-state index in [0.717, 1.165) is 27.8 Å². The molecule has 3 rings (SSSR count). The molecule has 134 valence electrons. The Labute approximate surface area is 160 Å².